The maximum Gasteiger partial charge on any atom is 0.335 e. The summed E-state index contributed by atoms with van der Waals surface area (Å²) in [6, 6.07) is 4.36. The summed E-state index contributed by atoms with van der Waals surface area (Å²) in [5.74, 6) is -2.27. The average Bonchev–Trinajstić information content (AvgIpc) is 2.26. The fraction of sp³-hybridized carbons (Fsp3) is 0.250. The molecule has 0 radical (unpaired) electrons. The Morgan fingerprint density at radius 1 is 1.16 bits per heavy atom. The zero-order chi connectivity index (χ0) is 14.6. The van der Waals surface area contributed by atoms with Crippen molar-refractivity contribution in [2.75, 3.05) is 18.0 Å². The lowest BCUT2D eigenvalue weighted by molar-refractivity contribution is -0.117. The number of primary amides is 2. The van der Waals surface area contributed by atoms with E-state index in [1.807, 2.05) is 0 Å². The van der Waals surface area contributed by atoms with Crippen molar-refractivity contribution in [2.24, 2.45) is 11.5 Å². The molecule has 0 saturated carbocycles. The van der Waals surface area contributed by atoms with Gasteiger partial charge in [-0.3, -0.25) is 9.59 Å². The molecule has 0 aromatic heterocycles. The number of nitrogens with two attached hydrogens (primary N) is 2. The van der Waals surface area contributed by atoms with Crippen molar-refractivity contribution in [3.63, 3.8) is 0 Å². The van der Waals surface area contributed by atoms with E-state index in [4.69, 9.17) is 16.6 Å². The van der Waals surface area contributed by atoms with Crippen molar-refractivity contribution in [3.05, 3.63) is 29.3 Å². The fourth-order valence-corrected chi connectivity index (χ4v) is 1.75. The molecule has 0 unspecified atom stereocenters. The minimum absolute atomic E-state index is 0.124. The van der Waals surface area contributed by atoms with E-state index < -0.39 is 17.8 Å². The molecular formula is C12H15N3O4. The van der Waals surface area contributed by atoms with Crippen LogP contribution in [0.1, 0.15) is 15.9 Å². The van der Waals surface area contributed by atoms with Crippen LogP contribution in [-0.2, 0) is 9.59 Å². The highest BCUT2D eigenvalue weighted by atomic mass is 16.4. The van der Waals surface area contributed by atoms with Crippen molar-refractivity contribution < 1.29 is 19.5 Å². The molecule has 1 aromatic carbocycles. The van der Waals surface area contributed by atoms with Gasteiger partial charge in [-0.15, -0.1) is 0 Å². The number of carboxylic acid groups (broad SMARTS) is 1. The SMILES string of the molecule is Cc1cc(C(=O)O)ccc1N(CC(N)=O)CC(N)=O. The number of amides is 2. The molecule has 1 aromatic rings. The van der Waals surface area contributed by atoms with Gasteiger partial charge in [-0.05, 0) is 30.7 Å². The summed E-state index contributed by atoms with van der Waals surface area (Å²) < 4.78 is 0. The van der Waals surface area contributed by atoms with Gasteiger partial charge in [-0.1, -0.05) is 0 Å². The Morgan fingerprint density at radius 3 is 2.05 bits per heavy atom. The third kappa shape index (κ3) is 3.98. The molecule has 0 saturated heterocycles. The number of carboxylic acids is 1. The first kappa shape index (κ1) is 14.5. The van der Waals surface area contributed by atoms with Gasteiger partial charge in [0, 0.05) is 5.69 Å². The van der Waals surface area contributed by atoms with Gasteiger partial charge in [0.2, 0.25) is 11.8 Å². The van der Waals surface area contributed by atoms with Crippen LogP contribution in [0.15, 0.2) is 18.2 Å². The van der Waals surface area contributed by atoms with E-state index in [1.54, 1.807) is 6.92 Å². The predicted molar refractivity (Wildman–Crippen MR) is 68.7 cm³/mol. The maximum atomic E-state index is 11.0. The second-order valence-electron chi connectivity index (χ2n) is 4.10. The normalized spacial score (nSPS) is 9.95. The first-order chi connectivity index (χ1) is 8.81. The lowest BCUT2D eigenvalue weighted by Crippen LogP contribution is -2.40. The van der Waals surface area contributed by atoms with E-state index >= 15 is 0 Å². The van der Waals surface area contributed by atoms with Gasteiger partial charge in [0.1, 0.15) is 0 Å². The highest BCUT2D eigenvalue weighted by Crippen LogP contribution is 2.21. The Balaban J connectivity index is 3.11. The number of hydrogen-bond acceptors (Lipinski definition) is 4. The smallest absolute Gasteiger partial charge is 0.335 e. The Labute approximate surface area is 109 Å². The van der Waals surface area contributed by atoms with Gasteiger partial charge >= 0.3 is 5.97 Å². The zero-order valence-electron chi connectivity index (χ0n) is 10.4. The largest absolute Gasteiger partial charge is 0.478 e. The second-order valence-corrected chi connectivity index (χ2v) is 4.10. The first-order valence-electron chi connectivity index (χ1n) is 5.46. The molecule has 0 atom stereocenters. The van der Waals surface area contributed by atoms with Gasteiger partial charge < -0.3 is 21.5 Å². The minimum Gasteiger partial charge on any atom is -0.478 e. The number of carbonyl (C=O) groups is 3. The van der Waals surface area contributed by atoms with Gasteiger partial charge in [-0.25, -0.2) is 4.79 Å². The van der Waals surface area contributed by atoms with E-state index in [9.17, 15) is 14.4 Å². The molecule has 7 nitrogen and oxygen atoms in total. The third-order valence-electron chi connectivity index (χ3n) is 2.48. The molecule has 19 heavy (non-hydrogen) atoms. The Hall–Kier alpha value is -2.57. The van der Waals surface area contributed by atoms with E-state index in [2.05, 4.69) is 0 Å². The molecule has 0 heterocycles. The van der Waals surface area contributed by atoms with Crippen molar-refractivity contribution in [2.45, 2.75) is 6.92 Å². The quantitative estimate of drug-likeness (QED) is 0.637. The predicted octanol–water partition coefficient (Wildman–Crippen LogP) is -0.530. The Kier molecular flexibility index (Phi) is 4.46. The number of hydrogen-bond donors (Lipinski definition) is 3. The van der Waals surface area contributed by atoms with Crippen LogP contribution in [0.5, 0.6) is 0 Å². The van der Waals surface area contributed by atoms with Crippen LogP contribution in [0, 0.1) is 6.92 Å². The number of benzene rings is 1. The van der Waals surface area contributed by atoms with Crippen LogP contribution >= 0.6 is 0 Å². The van der Waals surface area contributed by atoms with Gasteiger partial charge in [0.25, 0.3) is 0 Å². The molecule has 5 N–H and O–H groups in total. The molecule has 0 bridgehead atoms. The average molecular weight is 265 g/mol. The lowest BCUT2D eigenvalue weighted by Gasteiger charge is -2.23. The molecule has 2 amide bonds. The molecule has 102 valence electrons. The summed E-state index contributed by atoms with van der Waals surface area (Å²) in [6.07, 6.45) is 0. The lowest BCUT2D eigenvalue weighted by atomic mass is 10.1. The van der Waals surface area contributed by atoms with Crippen LogP contribution in [0.3, 0.4) is 0 Å². The highest BCUT2D eigenvalue weighted by molar-refractivity contribution is 5.89. The number of carbonyl (C=O) groups excluding carboxylic acids is 2. The number of aryl methyl sites for hydroxylation is 1. The molecule has 0 aliphatic carbocycles. The molecule has 0 aliphatic heterocycles. The maximum absolute atomic E-state index is 11.0. The molecule has 0 fully saturated rings. The van der Waals surface area contributed by atoms with Crippen LogP contribution in [0.2, 0.25) is 0 Å². The van der Waals surface area contributed by atoms with E-state index in [-0.39, 0.29) is 18.7 Å². The summed E-state index contributed by atoms with van der Waals surface area (Å²) in [7, 11) is 0. The number of rotatable bonds is 6. The first-order valence-corrected chi connectivity index (χ1v) is 5.46. The topological polar surface area (TPSA) is 127 Å². The highest BCUT2D eigenvalue weighted by Gasteiger charge is 2.15. The third-order valence-corrected chi connectivity index (χ3v) is 2.48. The molecule has 1 rings (SSSR count). The summed E-state index contributed by atoms with van der Waals surface area (Å²) >= 11 is 0. The Morgan fingerprint density at radius 2 is 1.68 bits per heavy atom. The fourth-order valence-electron chi connectivity index (χ4n) is 1.75. The molecule has 7 heteroatoms. The van der Waals surface area contributed by atoms with Crippen molar-refractivity contribution >= 4 is 23.5 Å². The molecule has 0 aliphatic rings. The Bertz CT molecular complexity index is 512. The summed E-state index contributed by atoms with van der Waals surface area (Å²) in [4.78, 5) is 34.2. The number of aromatic carboxylic acids is 1. The summed E-state index contributed by atoms with van der Waals surface area (Å²) in [5, 5.41) is 8.87. The van der Waals surface area contributed by atoms with E-state index in [0.29, 0.717) is 11.3 Å². The van der Waals surface area contributed by atoms with E-state index in [1.165, 1.54) is 23.1 Å². The van der Waals surface area contributed by atoms with Crippen molar-refractivity contribution in [3.8, 4) is 0 Å². The molecular weight excluding hydrogens is 250 g/mol. The standard InChI is InChI=1S/C12H15N3O4/c1-7-4-8(12(18)19)2-3-9(7)15(5-10(13)16)6-11(14)17/h2-4H,5-6H2,1H3,(H2,13,16)(H2,14,17)(H,18,19). The van der Waals surface area contributed by atoms with Crippen molar-refractivity contribution in [1.29, 1.82) is 0 Å². The summed E-state index contributed by atoms with van der Waals surface area (Å²) in [6.45, 7) is 1.34. The molecule has 0 spiro atoms. The van der Waals surface area contributed by atoms with Crippen LogP contribution in [-0.4, -0.2) is 36.0 Å². The van der Waals surface area contributed by atoms with E-state index in [0.717, 1.165) is 0 Å². The van der Waals surface area contributed by atoms with Gasteiger partial charge in [0.05, 0.1) is 18.7 Å². The summed E-state index contributed by atoms with van der Waals surface area (Å²) in [5.41, 5.74) is 11.5. The van der Waals surface area contributed by atoms with Gasteiger partial charge in [0.15, 0.2) is 0 Å². The zero-order valence-corrected chi connectivity index (χ0v) is 10.4. The monoisotopic (exact) mass is 265 g/mol. The van der Waals surface area contributed by atoms with Crippen LogP contribution in [0.4, 0.5) is 5.69 Å². The van der Waals surface area contributed by atoms with Crippen LogP contribution < -0.4 is 16.4 Å². The number of nitrogens with zero attached hydrogens (tertiary/aromatic N) is 1. The van der Waals surface area contributed by atoms with Crippen LogP contribution in [0.25, 0.3) is 0 Å². The van der Waals surface area contributed by atoms with Crippen molar-refractivity contribution in [1.82, 2.24) is 0 Å². The second kappa shape index (κ2) is 5.85. The van der Waals surface area contributed by atoms with Gasteiger partial charge in [-0.2, -0.15) is 0 Å². The number of anilines is 1. The minimum atomic E-state index is -1.05.